The van der Waals surface area contributed by atoms with E-state index >= 15 is 0 Å². The lowest BCUT2D eigenvalue weighted by molar-refractivity contribution is 0.0356. The Balaban J connectivity index is 1.53. The molecule has 2 aromatic rings. The van der Waals surface area contributed by atoms with E-state index in [1.165, 1.54) is 0 Å². The zero-order chi connectivity index (χ0) is 19.8. The number of carbonyl (C=O) groups excluding carboxylic acids is 2. The number of rotatable bonds is 3. The second kappa shape index (κ2) is 7.29. The van der Waals surface area contributed by atoms with E-state index in [0.717, 1.165) is 36.9 Å². The summed E-state index contributed by atoms with van der Waals surface area (Å²) in [4.78, 5) is 33.2. The van der Waals surface area contributed by atoms with Gasteiger partial charge < -0.3 is 19.3 Å². The van der Waals surface area contributed by atoms with Gasteiger partial charge in [0.25, 0.3) is 5.91 Å². The average molecular weight is 387 g/mol. The van der Waals surface area contributed by atoms with E-state index < -0.39 is 0 Å². The maximum absolute atomic E-state index is 13.2. The van der Waals surface area contributed by atoms with Gasteiger partial charge in [0.05, 0.1) is 24.8 Å². The van der Waals surface area contributed by atoms with E-state index in [9.17, 15) is 9.59 Å². The number of methoxy groups -OCH3 is 1. The first-order chi connectivity index (χ1) is 13.5. The fraction of sp³-hybridized carbons (Fsp3) is 0.579. The number of carbonyl (C=O) groups is 2. The normalized spacial score (nSPS) is 18.5. The first kappa shape index (κ1) is 18.5. The number of ether oxygens (including phenoxy) is 2. The lowest BCUT2D eigenvalue weighted by atomic mass is 10.0. The summed E-state index contributed by atoms with van der Waals surface area (Å²) in [5.74, 6) is 0.413. The summed E-state index contributed by atoms with van der Waals surface area (Å²) in [6.07, 6.45) is 3.67. The Morgan fingerprint density at radius 1 is 1.29 bits per heavy atom. The van der Waals surface area contributed by atoms with Gasteiger partial charge in [-0.15, -0.1) is 0 Å². The van der Waals surface area contributed by atoms with Gasteiger partial charge >= 0.3 is 6.09 Å². The van der Waals surface area contributed by atoms with Crippen molar-refractivity contribution >= 4 is 23.0 Å². The zero-order valence-corrected chi connectivity index (χ0v) is 16.5. The molecule has 2 aliphatic rings. The van der Waals surface area contributed by atoms with Gasteiger partial charge in [-0.1, -0.05) is 0 Å². The molecule has 4 heterocycles. The molecular weight excluding hydrogens is 362 g/mol. The molecule has 4 rings (SSSR count). The maximum Gasteiger partial charge on any atom is 0.410 e. The van der Waals surface area contributed by atoms with E-state index in [-0.39, 0.29) is 18.0 Å². The quantitative estimate of drug-likeness (QED) is 0.797. The van der Waals surface area contributed by atoms with E-state index in [2.05, 4.69) is 10.1 Å². The number of cyclic esters (lactones) is 1. The lowest BCUT2D eigenvalue weighted by Crippen LogP contribution is -2.51. The van der Waals surface area contributed by atoms with Gasteiger partial charge in [0, 0.05) is 38.9 Å². The second-order valence-corrected chi connectivity index (χ2v) is 7.30. The molecule has 9 heteroatoms. The van der Waals surface area contributed by atoms with Crippen LogP contribution in [0.25, 0.3) is 11.0 Å². The number of hydrogen-bond donors (Lipinski definition) is 0. The van der Waals surface area contributed by atoms with Crippen LogP contribution < -0.4 is 4.74 Å². The Bertz CT molecular complexity index is 917. The molecule has 0 spiro atoms. The molecule has 0 aromatic carbocycles. The summed E-state index contributed by atoms with van der Waals surface area (Å²) < 4.78 is 12.4. The van der Waals surface area contributed by atoms with Crippen molar-refractivity contribution in [3.63, 3.8) is 0 Å². The second-order valence-electron chi connectivity index (χ2n) is 7.30. The standard InChI is InChI=1S/C19H25N5O4/c1-12-15-16(27-3)14(11-20-17(15)22(2)21-12)18(25)23-8-5-13(6-9-23)24-7-4-10-28-19(24)26/h11,13H,4-10H2,1-3H3. The molecule has 2 fully saturated rings. The van der Waals surface area contributed by atoms with Crippen LogP contribution in [0, 0.1) is 6.92 Å². The van der Waals surface area contributed by atoms with Crippen LogP contribution in [0.5, 0.6) is 5.75 Å². The van der Waals surface area contributed by atoms with Crippen LogP contribution in [0.1, 0.15) is 35.3 Å². The molecule has 0 aliphatic carbocycles. The number of aryl methyl sites for hydroxylation is 2. The van der Waals surface area contributed by atoms with Crippen molar-refractivity contribution in [1.82, 2.24) is 24.6 Å². The summed E-state index contributed by atoms with van der Waals surface area (Å²) in [5.41, 5.74) is 1.91. The van der Waals surface area contributed by atoms with Crippen molar-refractivity contribution in [2.24, 2.45) is 7.05 Å². The van der Waals surface area contributed by atoms with Gasteiger partial charge in [0.2, 0.25) is 0 Å². The van der Waals surface area contributed by atoms with Crippen LogP contribution in [-0.2, 0) is 11.8 Å². The topological polar surface area (TPSA) is 89.8 Å². The minimum absolute atomic E-state index is 0.103. The number of hydrogen-bond acceptors (Lipinski definition) is 6. The number of nitrogens with zero attached hydrogens (tertiary/aromatic N) is 5. The lowest BCUT2D eigenvalue weighted by Gasteiger charge is -2.39. The number of likely N-dealkylation sites (tertiary alicyclic amines) is 1. The molecule has 0 bridgehead atoms. The smallest absolute Gasteiger partial charge is 0.410 e. The molecule has 150 valence electrons. The van der Waals surface area contributed by atoms with Crippen LogP contribution in [0.3, 0.4) is 0 Å². The average Bonchev–Trinajstić information content (AvgIpc) is 3.01. The van der Waals surface area contributed by atoms with Crippen LogP contribution in [0.4, 0.5) is 4.79 Å². The molecule has 9 nitrogen and oxygen atoms in total. The van der Waals surface area contributed by atoms with Crippen LogP contribution >= 0.6 is 0 Å². The molecule has 28 heavy (non-hydrogen) atoms. The number of aromatic nitrogens is 3. The first-order valence-corrected chi connectivity index (χ1v) is 9.60. The highest BCUT2D eigenvalue weighted by Gasteiger charge is 2.33. The maximum atomic E-state index is 13.2. The Labute approximate surface area is 163 Å². The Morgan fingerprint density at radius 2 is 2.04 bits per heavy atom. The summed E-state index contributed by atoms with van der Waals surface area (Å²) >= 11 is 0. The zero-order valence-electron chi connectivity index (χ0n) is 16.5. The van der Waals surface area contributed by atoms with Crippen molar-refractivity contribution in [2.45, 2.75) is 32.2 Å². The van der Waals surface area contributed by atoms with Gasteiger partial charge in [-0.05, 0) is 26.2 Å². The minimum Gasteiger partial charge on any atom is -0.495 e. The predicted octanol–water partition coefficient (Wildman–Crippen LogP) is 1.73. The molecule has 0 radical (unpaired) electrons. The van der Waals surface area contributed by atoms with Gasteiger partial charge in [-0.3, -0.25) is 9.48 Å². The summed E-state index contributed by atoms with van der Waals surface area (Å²) in [5, 5.41) is 5.15. The highest BCUT2D eigenvalue weighted by Crippen LogP contribution is 2.32. The molecule has 0 atom stereocenters. The number of amides is 2. The fourth-order valence-corrected chi connectivity index (χ4v) is 4.19. The minimum atomic E-state index is -0.237. The monoisotopic (exact) mass is 387 g/mol. The third-order valence-electron chi connectivity index (χ3n) is 5.61. The van der Waals surface area contributed by atoms with Crippen molar-refractivity contribution in [1.29, 1.82) is 0 Å². The van der Waals surface area contributed by atoms with Gasteiger partial charge in [0.1, 0.15) is 11.3 Å². The van der Waals surface area contributed by atoms with Gasteiger partial charge in [-0.25, -0.2) is 9.78 Å². The van der Waals surface area contributed by atoms with Crippen molar-refractivity contribution in [2.75, 3.05) is 33.4 Å². The summed E-state index contributed by atoms with van der Waals surface area (Å²) in [7, 11) is 3.38. The number of piperidine rings is 1. The molecule has 2 amide bonds. The molecule has 2 aliphatic heterocycles. The third kappa shape index (κ3) is 3.04. The van der Waals surface area contributed by atoms with Crippen LogP contribution in [0.2, 0.25) is 0 Å². The number of pyridine rings is 1. The number of fused-ring (bicyclic) bond motifs is 1. The third-order valence-corrected chi connectivity index (χ3v) is 5.61. The molecule has 2 aromatic heterocycles. The molecule has 0 N–H and O–H groups in total. The SMILES string of the molecule is COc1c(C(=O)N2CCC(N3CCCOC3=O)CC2)cnc2c1c(C)nn2C. The largest absolute Gasteiger partial charge is 0.495 e. The van der Waals surface area contributed by atoms with E-state index in [0.29, 0.717) is 36.7 Å². The van der Waals surface area contributed by atoms with E-state index in [1.54, 1.807) is 22.9 Å². The predicted molar refractivity (Wildman–Crippen MR) is 101 cm³/mol. The Morgan fingerprint density at radius 3 is 2.71 bits per heavy atom. The van der Waals surface area contributed by atoms with Gasteiger partial charge in [0.15, 0.2) is 5.65 Å². The molecule has 0 unspecified atom stereocenters. The molecule has 2 saturated heterocycles. The summed E-state index contributed by atoms with van der Waals surface area (Å²) in [6, 6.07) is 0.125. The van der Waals surface area contributed by atoms with Crippen molar-refractivity contribution in [3.8, 4) is 5.75 Å². The van der Waals surface area contributed by atoms with E-state index in [4.69, 9.17) is 9.47 Å². The van der Waals surface area contributed by atoms with Crippen molar-refractivity contribution < 1.29 is 19.1 Å². The highest BCUT2D eigenvalue weighted by atomic mass is 16.6. The Kier molecular flexibility index (Phi) is 4.82. The van der Waals surface area contributed by atoms with E-state index in [1.807, 2.05) is 18.9 Å². The van der Waals surface area contributed by atoms with Crippen LogP contribution in [-0.4, -0.2) is 76.0 Å². The summed E-state index contributed by atoms with van der Waals surface area (Å²) in [6.45, 7) is 4.27. The molecule has 0 saturated carbocycles. The molecular formula is C19H25N5O4. The first-order valence-electron chi connectivity index (χ1n) is 9.60. The fourth-order valence-electron chi connectivity index (χ4n) is 4.19. The van der Waals surface area contributed by atoms with Crippen molar-refractivity contribution in [3.05, 3.63) is 17.5 Å². The highest BCUT2D eigenvalue weighted by molar-refractivity contribution is 6.02. The van der Waals surface area contributed by atoms with Gasteiger partial charge in [-0.2, -0.15) is 5.10 Å². The Hall–Kier alpha value is -2.84. The van der Waals surface area contributed by atoms with Crippen LogP contribution in [0.15, 0.2) is 6.20 Å².